The third kappa shape index (κ3) is 6.53. The van der Waals surface area contributed by atoms with Crippen LogP contribution >= 0.6 is 0 Å². The Bertz CT molecular complexity index is 33.4. The molecule has 0 aromatic heterocycles. The van der Waals surface area contributed by atoms with Gasteiger partial charge in [-0.1, -0.05) is 25.0 Å². The minimum absolute atomic E-state index is 0.228. The second kappa shape index (κ2) is 3.52. The summed E-state index contributed by atoms with van der Waals surface area (Å²) in [5.74, 6) is 5.74. The van der Waals surface area contributed by atoms with Crippen molar-refractivity contribution in [1.29, 1.82) is 0 Å². The van der Waals surface area contributed by atoms with E-state index in [-0.39, 0.29) is 14.1 Å². The SMILES string of the molecule is CC(C)[CH2][Al]([CH3])[CH3]. The van der Waals surface area contributed by atoms with Crippen LogP contribution in [0.1, 0.15) is 13.8 Å². The largest absolute Gasteiger partial charge is 0.255 e. The fourth-order valence-electron chi connectivity index (χ4n) is 0.943. The third-order valence-electron chi connectivity index (χ3n) is 0.943. The lowest BCUT2D eigenvalue weighted by Crippen LogP contribution is -2.02. The summed E-state index contributed by atoms with van der Waals surface area (Å²) >= 11 is -0.228. The van der Waals surface area contributed by atoms with Crippen molar-refractivity contribution in [2.45, 2.75) is 30.7 Å². The number of hydrogen-bond donors (Lipinski definition) is 0. The van der Waals surface area contributed by atoms with Gasteiger partial charge in [-0.3, -0.25) is 0 Å². The van der Waals surface area contributed by atoms with E-state index < -0.39 is 0 Å². The molecular weight excluding hydrogens is 99.0 g/mol. The molecule has 1 heteroatoms. The van der Waals surface area contributed by atoms with Gasteiger partial charge >= 0.3 is 0 Å². The average Bonchev–Trinajstić information content (AvgIpc) is 1.27. The molecule has 0 atom stereocenters. The number of hydrogen-bond acceptors (Lipinski definition) is 0. The molecule has 0 saturated carbocycles. The van der Waals surface area contributed by atoms with Crippen molar-refractivity contribution in [2.24, 2.45) is 5.92 Å². The van der Waals surface area contributed by atoms with Crippen LogP contribution in [0.15, 0.2) is 0 Å². The van der Waals surface area contributed by atoms with E-state index in [0.29, 0.717) is 0 Å². The molecule has 0 aromatic carbocycles. The Kier molecular flexibility index (Phi) is 3.79. The molecule has 0 unspecified atom stereocenters. The Morgan fingerprint density at radius 1 is 1.29 bits per heavy atom. The van der Waals surface area contributed by atoms with Crippen molar-refractivity contribution in [2.75, 3.05) is 0 Å². The van der Waals surface area contributed by atoms with Crippen LogP contribution in [0.3, 0.4) is 0 Å². The van der Waals surface area contributed by atoms with Crippen LogP contribution in [0.25, 0.3) is 0 Å². The highest BCUT2D eigenvalue weighted by Crippen LogP contribution is 2.03. The fourth-order valence-corrected chi connectivity index (χ4v) is 2.83. The lowest BCUT2D eigenvalue weighted by atomic mass is 10.3. The molecule has 0 aromatic rings. The van der Waals surface area contributed by atoms with Gasteiger partial charge < -0.3 is 0 Å². The van der Waals surface area contributed by atoms with Gasteiger partial charge in [-0.05, 0) is 0 Å². The van der Waals surface area contributed by atoms with Gasteiger partial charge in [0.15, 0.2) is 0 Å². The summed E-state index contributed by atoms with van der Waals surface area (Å²) < 4.78 is 0. The monoisotopic (exact) mass is 114 g/mol. The van der Waals surface area contributed by atoms with Crippen LogP contribution < -0.4 is 0 Å². The maximum Gasteiger partial charge on any atom is 0.255 e. The molecule has 0 nitrogen and oxygen atoms in total. The summed E-state index contributed by atoms with van der Waals surface area (Å²) in [4.78, 5) is 0. The van der Waals surface area contributed by atoms with Gasteiger partial charge in [0.2, 0.25) is 0 Å². The maximum absolute atomic E-state index is 2.40. The van der Waals surface area contributed by atoms with Crippen LogP contribution in [0, 0.1) is 5.92 Å². The minimum Gasteiger partial charge on any atom is -0.106 e. The zero-order valence-corrected chi connectivity index (χ0v) is 7.02. The second-order valence-corrected chi connectivity index (χ2v) is 6.28. The van der Waals surface area contributed by atoms with Gasteiger partial charge in [-0.25, -0.2) is 0 Å². The van der Waals surface area contributed by atoms with Gasteiger partial charge in [0.05, 0.1) is 0 Å². The first kappa shape index (κ1) is 7.53. The molecule has 0 N–H and O–H groups in total. The zero-order chi connectivity index (χ0) is 5.86. The van der Waals surface area contributed by atoms with Gasteiger partial charge in [-0.2, -0.15) is 0 Å². The van der Waals surface area contributed by atoms with Gasteiger partial charge in [0, 0.05) is 0 Å². The molecule has 7 heavy (non-hydrogen) atoms. The average molecular weight is 114 g/mol. The van der Waals surface area contributed by atoms with E-state index in [2.05, 4.69) is 25.4 Å². The smallest absolute Gasteiger partial charge is 0.106 e. The summed E-state index contributed by atoms with van der Waals surface area (Å²) in [7, 11) is 0. The Morgan fingerprint density at radius 2 is 1.71 bits per heavy atom. The van der Waals surface area contributed by atoms with Crippen molar-refractivity contribution in [3.05, 3.63) is 0 Å². The summed E-state index contributed by atoms with van der Waals surface area (Å²) in [5.41, 5.74) is 0. The van der Waals surface area contributed by atoms with Crippen molar-refractivity contribution >= 4 is 14.1 Å². The molecule has 0 spiro atoms. The highest BCUT2D eigenvalue weighted by Gasteiger charge is 2.02. The van der Waals surface area contributed by atoms with Crippen molar-refractivity contribution in [1.82, 2.24) is 0 Å². The molecule has 0 amide bonds. The van der Waals surface area contributed by atoms with E-state index in [1.54, 1.807) is 0 Å². The van der Waals surface area contributed by atoms with Crippen LogP contribution in [0.5, 0.6) is 0 Å². The van der Waals surface area contributed by atoms with E-state index in [1.807, 2.05) is 0 Å². The third-order valence-corrected chi connectivity index (χ3v) is 2.83. The number of rotatable bonds is 2. The first-order valence-electron chi connectivity index (χ1n) is 3.13. The van der Waals surface area contributed by atoms with Gasteiger partial charge in [0.1, 0.15) is 0 Å². The first-order chi connectivity index (χ1) is 3.13. The standard InChI is InChI=1S/C4H9.2CH3.Al/c1-4(2)3;;;/h4H,1H2,2-3H3;2*1H3;. The highest BCUT2D eigenvalue weighted by atomic mass is 27.2. The van der Waals surface area contributed by atoms with E-state index in [0.717, 1.165) is 5.92 Å². The summed E-state index contributed by atoms with van der Waals surface area (Å²) in [6.45, 7) is 4.60. The lowest BCUT2D eigenvalue weighted by Gasteiger charge is -2.01. The molecule has 0 fully saturated rings. The Hall–Kier alpha value is 0.532. The van der Waals surface area contributed by atoms with Crippen LogP contribution in [0.2, 0.25) is 16.9 Å². The van der Waals surface area contributed by atoms with E-state index in [1.165, 1.54) is 5.28 Å². The van der Waals surface area contributed by atoms with E-state index in [4.69, 9.17) is 0 Å². The van der Waals surface area contributed by atoms with Crippen LogP contribution in [0.4, 0.5) is 0 Å². The van der Waals surface area contributed by atoms with Crippen molar-refractivity contribution < 1.29 is 0 Å². The predicted molar refractivity (Wildman–Crippen MR) is 37.1 cm³/mol. The van der Waals surface area contributed by atoms with Gasteiger partial charge in [-0.15, -0.1) is 11.6 Å². The summed E-state index contributed by atoms with van der Waals surface area (Å²) in [5, 5.41) is 1.50. The van der Waals surface area contributed by atoms with Crippen LogP contribution in [-0.2, 0) is 0 Å². The Balaban J connectivity index is 2.95. The quantitative estimate of drug-likeness (QED) is 0.483. The second-order valence-electron chi connectivity index (χ2n) is 3.02. The van der Waals surface area contributed by atoms with E-state index >= 15 is 0 Å². The zero-order valence-electron chi connectivity index (χ0n) is 5.86. The predicted octanol–water partition coefficient (Wildman–Crippen LogP) is 2.40. The molecule has 0 saturated heterocycles. The van der Waals surface area contributed by atoms with Crippen LogP contribution in [-0.4, -0.2) is 14.1 Å². The highest BCUT2D eigenvalue weighted by molar-refractivity contribution is 6.55. The topological polar surface area (TPSA) is 0 Å². The molecule has 0 bridgehead atoms. The lowest BCUT2D eigenvalue weighted by molar-refractivity contribution is 0.727. The molecule has 0 heterocycles. The molecule has 42 valence electrons. The van der Waals surface area contributed by atoms with Crippen molar-refractivity contribution in [3.8, 4) is 0 Å². The molecule has 0 aliphatic heterocycles. The molecule has 0 aliphatic rings. The molecular formula is C6H15Al. The maximum atomic E-state index is 2.40. The Morgan fingerprint density at radius 3 is 1.71 bits per heavy atom. The first-order valence-corrected chi connectivity index (χ1v) is 6.25. The molecule has 0 aliphatic carbocycles. The summed E-state index contributed by atoms with van der Waals surface area (Å²) in [6, 6.07) is 0. The Labute approximate surface area is 51.3 Å². The molecule has 0 radical (unpaired) electrons. The van der Waals surface area contributed by atoms with Gasteiger partial charge in [0.25, 0.3) is 14.1 Å². The normalized spacial score (nSPS) is 9.86. The fraction of sp³-hybridized carbons (Fsp3) is 1.00. The summed E-state index contributed by atoms with van der Waals surface area (Å²) in [6.07, 6.45) is 0. The molecule has 0 rings (SSSR count). The minimum atomic E-state index is -0.228. The van der Waals surface area contributed by atoms with E-state index in [9.17, 15) is 0 Å². The van der Waals surface area contributed by atoms with Crippen molar-refractivity contribution in [3.63, 3.8) is 0 Å².